The Hall–Kier alpha value is -1.09. The van der Waals surface area contributed by atoms with E-state index in [1.54, 1.807) is 12.1 Å². The molecule has 3 nitrogen and oxygen atoms in total. The number of hydrogen-bond donors (Lipinski definition) is 0. The molecule has 1 aliphatic carbocycles. The van der Waals surface area contributed by atoms with E-state index in [-0.39, 0.29) is 0 Å². The summed E-state index contributed by atoms with van der Waals surface area (Å²) < 4.78 is 11.0. The highest BCUT2D eigenvalue weighted by molar-refractivity contribution is 5.70. The first kappa shape index (κ1) is 11.4. The molecule has 0 bridgehead atoms. The van der Waals surface area contributed by atoms with Crippen molar-refractivity contribution in [3.05, 3.63) is 23.7 Å². The molecule has 3 heteroatoms. The molecular formula is C13H18O3. The van der Waals surface area contributed by atoms with E-state index in [1.165, 1.54) is 12.8 Å². The summed E-state index contributed by atoms with van der Waals surface area (Å²) in [7, 11) is 0. The van der Waals surface area contributed by atoms with Gasteiger partial charge in [0.2, 0.25) is 0 Å². The predicted molar refractivity (Wildman–Crippen MR) is 60.3 cm³/mol. The van der Waals surface area contributed by atoms with E-state index in [0.29, 0.717) is 24.8 Å². The Morgan fingerprint density at radius 2 is 2.38 bits per heavy atom. The van der Waals surface area contributed by atoms with E-state index in [0.717, 1.165) is 24.5 Å². The quantitative estimate of drug-likeness (QED) is 0.734. The van der Waals surface area contributed by atoms with E-state index in [1.807, 2.05) is 0 Å². The minimum absolute atomic E-state index is 0.355. The van der Waals surface area contributed by atoms with Crippen molar-refractivity contribution in [1.29, 1.82) is 0 Å². The zero-order valence-corrected chi connectivity index (χ0v) is 9.65. The lowest BCUT2D eigenvalue weighted by Crippen LogP contribution is -2.21. The Morgan fingerprint density at radius 3 is 3.06 bits per heavy atom. The number of furan rings is 1. The molecule has 1 fully saturated rings. The van der Waals surface area contributed by atoms with Gasteiger partial charge in [0.25, 0.3) is 0 Å². The summed E-state index contributed by atoms with van der Waals surface area (Å²) in [4.78, 5) is 10.4. The Morgan fingerprint density at radius 1 is 1.50 bits per heavy atom. The third kappa shape index (κ3) is 2.95. The van der Waals surface area contributed by atoms with Crippen LogP contribution in [0.1, 0.15) is 48.9 Å². The van der Waals surface area contributed by atoms with Crippen LogP contribution in [0.25, 0.3) is 0 Å². The lowest BCUT2D eigenvalue weighted by Gasteiger charge is -2.26. The van der Waals surface area contributed by atoms with Crippen LogP contribution in [0.2, 0.25) is 0 Å². The van der Waals surface area contributed by atoms with Crippen molar-refractivity contribution in [3.63, 3.8) is 0 Å². The number of rotatable bonds is 4. The van der Waals surface area contributed by atoms with Crippen LogP contribution in [0.3, 0.4) is 0 Å². The molecule has 0 aliphatic heterocycles. The molecule has 2 unspecified atom stereocenters. The van der Waals surface area contributed by atoms with Crippen molar-refractivity contribution in [2.24, 2.45) is 5.92 Å². The maximum absolute atomic E-state index is 10.4. The van der Waals surface area contributed by atoms with Crippen molar-refractivity contribution in [2.75, 3.05) is 0 Å². The Kier molecular flexibility index (Phi) is 3.78. The fourth-order valence-corrected chi connectivity index (χ4v) is 2.27. The first-order chi connectivity index (χ1) is 7.78. The van der Waals surface area contributed by atoms with Gasteiger partial charge in [-0.3, -0.25) is 4.79 Å². The normalized spacial score (nSPS) is 25.6. The van der Waals surface area contributed by atoms with Gasteiger partial charge in [0.15, 0.2) is 12.0 Å². The van der Waals surface area contributed by atoms with Crippen molar-refractivity contribution in [1.82, 2.24) is 0 Å². The molecule has 0 saturated heterocycles. The third-order valence-electron chi connectivity index (χ3n) is 3.15. The molecule has 1 aromatic heterocycles. The lowest BCUT2D eigenvalue weighted by molar-refractivity contribution is -0.00281. The van der Waals surface area contributed by atoms with Crippen LogP contribution in [-0.4, -0.2) is 12.4 Å². The maximum atomic E-state index is 10.4. The molecule has 1 aliphatic rings. The van der Waals surface area contributed by atoms with E-state index < -0.39 is 0 Å². The van der Waals surface area contributed by atoms with E-state index in [4.69, 9.17) is 9.15 Å². The van der Waals surface area contributed by atoms with Crippen LogP contribution in [0.15, 0.2) is 16.5 Å². The number of carbonyl (C=O) groups is 1. The smallest absolute Gasteiger partial charge is 0.185 e. The second kappa shape index (κ2) is 5.30. The van der Waals surface area contributed by atoms with Crippen LogP contribution >= 0.6 is 0 Å². The van der Waals surface area contributed by atoms with Gasteiger partial charge in [-0.25, -0.2) is 0 Å². The first-order valence-corrected chi connectivity index (χ1v) is 5.93. The molecule has 1 saturated carbocycles. The molecule has 1 aromatic rings. The Labute approximate surface area is 95.8 Å². The molecule has 0 N–H and O–H groups in total. The summed E-state index contributed by atoms with van der Waals surface area (Å²) in [5.41, 5.74) is 0. The van der Waals surface area contributed by atoms with Crippen molar-refractivity contribution < 1.29 is 13.9 Å². The van der Waals surface area contributed by atoms with Gasteiger partial charge in [0.05, 0.1) is 6.10 Å². The average molecular weight is 222 g/mol. The van der Waals surface area contributed by atoms with Crippen LogP contribution in [0.4, 0.5) is 0 Å². The molecule has 1 heterocycles. The monoisotopic (exact) mass is 222 g/mol. The fraction of sp³-hybridized carbons (Fsp3) is 0.615. The largest absolute Gasteiger partial charge is 0.456 e. The molecule has 0 amide bonds. The maximum Gasteiger partial charge on any atom is 0.185 e. The van der Waals surface area contributed by atoms with Gasteiger partial charge in [0, 0.05) is 0 Å². The first-order valence-electron chi connectivity index (χ1n) is 5.93. The zero-order chi connectivity index (χ0) is 11.4. The highest BCUT2D eigenvalue weighted by Crippen LogP contribution is 2.26. The predicted octanol–water partition coefficient (Wildman–Crippen LogP) is 3.19. The Bertz CT molecular complexity index is 343. The van der Waals surface area contributed by atoms with Crippen LogP contribution in [-0.2, 0) is 11.3 Å². The number of aldehydes is 1. The fourth-order valence-electron chi connectivity index (χ4n) is 2.27. The average Bonchev–Trinajstić information content (AvgIpc) is 2.74. The molecule has 2 atom stereocenters. The SMILES string of the molecule is CC1CCCC(OCc2ccc(C=O)o2)C1. The van der Waals surface area contributed by atoms with E-state index in [2.05, 4.69) is 6.92 Å². The lowest BCUT2D eigenvalue weighted by atomic mass is 9.89. The third-order valence-corrected chi connectivity index (χ3v) is 3.15. The standard InChI is InChI=1S/C13H18O3/c1-10-3-2-4-11(7-10)15-9-13-6-5-12(8-14)16-13/h5-6,8,10-11H,2-4,7,9H2,1H3. The Balaban J connectivity index is 1.80. The molecule has 0 radical (unpaired) electrons. The molecule has 0 aromatic carbocycles. The van der Waals surface area contributed by atoms with Gasteiger partial charge in [0.1, 0.15) is 12.4 Å². The van der Waals surface area contributed by atoms with Gasteiger partial charge in [-0.05, 0) is 30.9 Å². The molecule has 88 valence electrons. The van der Waals surface area contributed by atoms with Crippen molar-refractivity contribution >= 4 is 6.29 Å². The summed E-state index contributed by atoms with van der Waals surface area (Å²) in [5, 5.41) is 0. The molecule has 2 rings (SSSR count). The second-order valence-electron chi connectivity index (χ2n) is 4.63. The van der Waals surface area contributed by atoms with Gasteiger partial charge in [-0.2, -0.15) is 0 Å². The van der Waals surface area contributed by atoms with Crippen LogP contribution < -0.4 is 0 Å². The van der Waals surface area contributed by atoms with Gasteiger partial charge < -0.3 is 9.15 Å². The molecule has 16 heavy (non-hydrogen) atoms. The summed E-state index contributed by atoms with van der Waals surface area (Å²) in [6.07, 6.45) is 5.92. The van der Waals surface area contributed by atoms with Gasteiger partial charge in [-0.15, -0.1) is 0 Å². The van der Waals surface area contributed by atoms with Gasteiger partial charge in [-0.1, -0.05) is 19.8 Å². The number of ether oxygens (including phenoxy) is 1. The highest BCUT2D eigenvalue weighted by Gasteiger charge is 2.19. The van der Waals surface area contributed by atoms with Gasteiger partial charge >= 0.3 is 0 Å². The van der Waals surface area contributed by atoms with E-state index in [9.17, 15) is 4.79 Å². The minimum atomic E-state index is 0.355. The van der Waals surface area contributed by atoms with E-state index >= 15 is 0 Å². The number of carbonyl (C=O) groups excluding carboxylic acids is 1. The zero-order valence-electron chi connectivity index (χ0n) is 9.65. The summed E-state index contributed by atoms with van der Waals surface area (Å²) in [5.74, 6) is 1.87. The highest BCUT2D eigenvalue weighted by atomic mass is 16.5. The summed E-state index contributed by atoms with van der Waals surface area (Å²) >= 11 is 0. The second-order valence-corrected chi connectivity index (χ2v) is 4.63. The van der Waals surface area contributed by atoms with Crippen LogP contribution in [0, 0.1) is 5.92 Å². The van der Waals surface area contributed by atoms with Crippen LogP contribution in [0.5, 0.6) is 0 Å². The minimum Gasteiger partial charge on any atom is -0.456 e. The van der Waals surface area contributed by atoms with Crippen molar-refractivity contribution in [2.45, 2.75) is 45.3 Å². The van der Waals surface area contributed by atoms with Crippen molar-refractivity contribution in [3.8, 4) is 0 Å². The number of hydrogen-bond acceptors (Lipinski definition) is 3. The topological polar surface area (TPSA) is 39.4 Å². The molecular weight excluding hydrogens is 204 g/mol. The summed E-state index contributed by atoms with van der Waals surface area (Å²) in [6.45, 7) is 2.75. The summed E-state index contributed by atoms with van der Waals surface area (Å²) in [6, 6.07) is 3.48. The molecule has 0 spiro atoms.